The SMILES string of the molecule is C=c1/c(=C(/C)OC)c(=O)n(-c2cccc(CC(=O)Nc3cc(OC)c(OC)c(OC)c3)c2)c2cccc(-c3ccc(OC)cc3)c12. The van der Waals surface area contributed by atoms with Gasteiger partial charge >= 0.3 is 0 Å². The number of aromatic nitrogens is 1. The van der Waals surface area contributed by atoms with Gasteiger partial charge in [0, 0.05) is 28.9 Å². The van der Waals surface area contributed by atoms with Gasteiger partial charge in [0.05, 0.1) is 52.7 Å². The summed E-state index contributed by atoms with van der Waals surface area (Å²) in [5.41, 5.74) is 4.05. The number of ether oxygens (including phenoxy) is 5. The van der Waals surface area contributed by atoms with E-state index in [-0.39, 0.29) is 17.9 Å². The zero-order valence-electron chi connectivity index (χ0n) is 26.7. The van der Waals surface area contributed by atoms with Crippen LogP contribution in [0.15, 0.2) is 83.7 Å². The predicted octanol–water partition coefficient (Wildman–Crippen LogP) is 5.06. The van der Waals surface area contributed by atoms with Crippen LogP contribution in [0.25, 0.3) is 40.1 Å². The second-order valence-corrected chi connectivity index (χ2v) is 10.5. The Morgan fingerprint density at radius 3 is 2.11 bits per heavy atom. The Bertz CT molecular complexity index is 2080. The van der Waals surface area contributed by atoms with Gasteiger partial charge in [-0.05, 0) is 59.2 Å². The summed E-state index contributed by atoms with van der Waals surface area (Å²) in [6.07, 6.45) is 0.0534. The highest BCUT2D eigenvalue weighted by Crippen LogP contribution is 2.40. The van der Waals surface area contributed by atoms with Crippen LogP contribution in [0.4, 0.5) is 5.69 Å². The van der Waals surface area contributed by atoms with Crippen LogP contribution in [-0.2, 0) is 16.0 Å². The number of amides is 1. The molecule has 0 aliphatic carbocycles. The molecule has 9 heteroatoms. The van der Waals surface area contributed by atoms with Crippen LogP contribution >= 0.6 is 0 Å². The van der Waals surface area contributed by atoms with E-state index in [2.05, 4.69) is 11.9 Å². The van der Waals surface area contributed by atoms with E-state index in [1.165, 1.54) is 28.4 Å². The third kappa shape index (κ3) is 5.99. The normalized spacial score (nSPS) is 11.5. The number of methoxy groups -OCH3 is 5. The number of carbonyl (C=O) groups excluding carboxylic acids is 1. The predicted molar refractivity (Wildman–Crippen MR) is 181 cm³/mol. The molecule has 0 aliphatic rings. The summed E-state index contributed by atoms with van der Waals surface area (Å²) in [7, 11) is 7.70. The molecule has 236 valence electrons. The van der Waals surface area contributed by atoms with Crippen molar-refractivity contribution in [2.45, 2.75) is 13.3 Å². The zero-order chi connectivity index (χ0) is 33.0. The van der Waals surface area contributed by atoms with Crippen molar-refractivity contribution in [2.24, 2.45) is 0 Å². The number of nitrogens with zero attached hydrogens (tertiary/aromatic N) is 1. The van der Waals surface area contributed by atoms with Crippen molar-refractivity contribution in [2.75, 3.05) is 40.9 Å². The first-order valence-corrected chi connectivity index (χ1v) is 14.5. The molecule has 4 aromatic carbocycles. The molecule has 46 heavy (non-hydrogen) atoms. The van der Waals surface area contributed by atoms with Gasteiger partial charge in [-0.15, -0.1) is 0 Å². The number of nitrogens with one attached hydrogen (secondary N) is 1. The van der Waals surface area contributed by atoms with E-state index in [0.717, 1.165) is 22.3 Å². The lowest BCUT2D eigenvalue weighted by molar-refractivity contribution is -0.115. The van der Waals surface area contributed by atoms with Gasteiger partial charge in [-0.2, -0.15) is 0 Å². The van der Waals surface area contributed by atoms with E-state index in [1.54, 1.807) is 30.7 Å². The second kappa shape index (κ2) is 13.5. The molecule has 0 bridgehead atoms. The molecule has 0 fully saturated rings. The van der Waals surface area contributed by atoms with E-state index in [1.807, 2.05) is 66.7 Å². The van der Waals surface area contributed by atoms with Gasteiger partial charge in [0.2, 0.25) is 11.7 Å². The third-order valence-electron chi connectivity index (χ3n) is 7.85. The molecule has 0 atom stereocenters. The first-order valence-electron chi connectivity index (χ1n) is 14.5. The maximum absolute atomic E-state index is 14.2. The Kier molecular flexibility index (Phi) is 9.32. The molecule has 0 unspecified atom stereocenters. The van der Waals surface area contributed by atoms with E-state index >= 15 is 0 Å². The lowest BCUT2D eigenvalue weighted by Gasteiger charge is -2.16. The average molecular weight is 621 g/mol. The van der Waals surface area contributed by atoms with E-state index in [9.17, 15) is 9.59 Å². The maximum Gasteiger partial charge on any atom is 0.266 e. The summed E-state index contributed by atoms with van der Waals surface area (Å²) in [5, 5.41) is 4.66. The molecule has 0 saturated heterocycles. The fourth-order valence-electron chi connectivity index (χ4n) is 5.60. The molecule has 0 aliphatic heterocycles. The number of pyridine rings is 1. The molecule has 1 heterocycles. The van der Waals surface area contributed by atoms with Crippen molar-refractivity contribution < 1.29 is 28.5 Å². The summed E-state index contributed by atoms with van der Waals surface area (Å²) in [6, 6.07) is 24.2. The van der Waals surface area contributed by atoms with E-state index in [0.29, 0.717) is 55.9 Å². The quantitative estimate of drug-likeness (QED) is 0.233. The fourth-order valence-corrected chi connectivity index (χ4v) is 5.60. The molecule has 1 amide bonds. The van der Waals surface area contributed by atoms with Crippen LogP contribution in [0.3, 0.4) is 0 Å². The monoisotopic (exact) mass is 620 g/mol. The summed E-state index contributed by atoms with van der Waals surface area (Å²) in [6.45, 7) is 6.10. The van der Waals surface area contributed by atoms with Gasteiger partial charge in [0.15, 0.2) is 11.5 Å². The Balaban J connectivity index is 1.61. The fraction of sp³-hybridized carbons (Fsp3) is 0.189. The van der Waals surface area contributed by atoms with Crippen molar-refractivity contribution in [3.8, 4) is 39.8 Å². The van der Waals surface area contributed by atoms with E-state index < -0.39 is 0 Å². The van der Waals surface area contributed by atoms with Gasteiger partial charge < -0.3 is 29.0 Å². The van der Waals surface area contributed by atoms with Crippen molar-refractivity contribution in [1.82, 2.24) is 4.57 Å². The lowest BCUT2D eigenvalue weighted by Crippen LogP contribution is -2.46. The number of hydrogen-bond acceptors (Lipinski definition) is 7. The lowest BCUT2D eigenvalue weighted by atomic mass is 9.98. The number of benzene rings is 4. The average Bonchev–Trinajstić information content (AvgIpc) is 3.07. The van der Waals surface area contributed by atoms with E-state index in [4.69, 9.17) is 23.7 Å². The highest BCUT2D eigenvalue weighted by molar-refractivity contribution is 5.96. The molecule has 1 aromatic heterocycles. The minimum atomic E-state index is -0.275. The van der Waals surface area contributed by atoms with Crippen molar-refractivity contribution >= 4 is 34.8 Å². The highest BCUT2D eigenvalue weighted by atomic mass is 16.5. The molecule has 0 spiro atoms. The molecular formula is C37H36N2O7. The van der Waals surface area contributed by atoms with Gasteiger partial charge in [-0.3, -0.25) is 14.2 Å². The number of rotatable bonds is 10. The van der Waals surface area contributed by atoms with Gasteiger partial charge in [0.25, 0.3) is 5.56 Å². The summed E-state index contributed by atoms with van der Waals surface area (Å²) in [5.74, 6) is 2.21. The first-order chi connectivity index (χ1) is 22.2. The molecule has 1 N–H and O–H groups in total. The number of fused-ring (bicyclic) bond motifs is 1. The number of hydrogen-bond donors (Lipinski definition) is 1. The third-order valence-corrected chi connectivity index (χ3v) is 7.85. The van der Waals surface area contributed by atoms with Crippen LogP contribution in [0.2, 0.25) is 0 Å². The van der Waals surface area contributed by atoms with Crippen molar-refractivity contribution in [3.63, 3.8) is 0 Å². The van der Waals surface area contributed by atoms with Crippen LogP contribution in [0.1, 0.15) is 12.5 Å². The molecule has 0 radical (unpaired) electrons. The topological polar surface area (TPSA) is 97.3 Å². The molecule has 5 rings (SSSR count). The minimum Gasteiger partial charge on any atom is -0.501 e. The molecular weight excluding hydrogens is 584 g/mol. The van der Waals surface area contributed by atoms with Crippen LogP contribution in [0, 0.1) is 0 Å². The zero-order valence-corrected chi connectivity index (χ0v) is 26.7. The van der Waals surface area contributed by atoms with Crippen molar-refractivity contribution in [1.29, 1.82) is 0 Å². The van der Waals surface area contributed by atoms with Gasteiger partial charge in [-0.25, -0.2) is 0 Å². The van der Waals surface area contributed by atoms with Gasteiger partial charge in [0.1, 0.15) is 11.5 Å². The summed E-state index contributed by atoms with van der Waals surface area (Å²) in [4.78, 5) is 27.4. The highest BCUT2D eigenvalue weighted by Gasteiger charge is 2.17. The Morgan fingerprint density at radius 2 is 1.50 bits per heavy atom. The Morgan fingerprint density at radius 1 is 0.826 bits per heavy atom. The molecule has 0 saturated carbocycles. The molecule has 9 nitrogen and oxygen atoms in total. The smallest absolute Gasteiger partial charge is 0.266 e. The minimum absolute atomic E-state index is 0.0534. The number of anilines is 1. The van der Waals surface area contributed by atoms with Crippen LogP contribution in [-0.4, -0.2) is 46.0 Å². The first kappa shape index (κ1) is 31.7. The van der Waals surface area contributed by atoms with Crippen LogP contribution < -0.4 is 40.3 Å². The van der Waals surface area contributed by atoms with Gasteiger partial charge in [-0.1, -0.05) is 43.0 Å². The molecule has 5 aromatic rings. The largest absolute Gasteiger partial charge is 0.501 e. The van der Waals surface area contributed by atoms with Crippen molar-refractivity contribution in [3.05, 3.63) is 105 Å². The summed E-state index contributed by atoms with van der Waals surface area (Å²) >= 11 is 0. The summed E-state index contributed by atoms with van der Waals surface area (Å²) < 4.78 is 28.8. The Labute approximate surface area is 266 Å². The Hall–Kier alpha value is -5.70. The second-order valence-electron chi connectivity index (χ2n) is 10.5. The standard InChI is InChI=1S/C37H36N2O7/c1-22-34(23(2)42-3)37(41)39(30-13-9-12-29(35(22)30)25-14-16-28(43-4)17-15-25)27-11-8-10-24(18-27)19-33(40)38-26-20-31(44-5)36(46-7)32(21-26)45-6/h8-18,20-21H,1,19H2,2-7H3,(H,38,40)/b34-23+. The number of carbonyl (C=O) groups is 1. The van der Waals surface area contributed by atoms with Crippen LogP contribution in [0.5, 0.6) is 23.0 Å². The maximum atomic E-state index is 14.2.